The number of aliphatic hydroxyl groups is 1. The maximum Gasteiger partial charge on any atom is 0.0955 e. The normalized spacial score (nSPS) is 12.1. The van der Waals surface area contributed by atoms with Gasteiger partial charge in [0.2, 0.25) is 0 Å². The van der Waals surface area contributed by atoms with Gasteiger partial charge < -0.3 is 14.6 Å². The fourth-order valence-electron chi connectivity index (χ4n) is 2.03. The Bertz CT molecular complexity index is 525. The van der Waals surface area contributed by atoms with Crippen LogP contribution in [0.3, 0.4) is 0 Å². The maximum atomic E-state index is 9.81. The summed E-state index contributed by atoms with van der Waals surface area (Å²) >= 11 is 0. The van der Waals surface area contributed by atoms with Crippen LogP contribution in [-0.4, -0.2) is 33.9 Å². The van der Waals surface area contributed by atoms with E-state index in [1.807, 2.05) is 49.8 Å². The van der Waals surface area contributed by atoms with E-state index in [1.54, 1.807) is 0 Å². The molecule has 0 atom stereocenters. The van der Waals surface area contributed by atoms with Gasteiger partial charge in [-0.15, -0.1) is 0 Å². The minimum atomic E-state index is -0.701. The van der Waals surface area contributed by atoms with Gasteiger partial charge in [-0.3, -0.25) is 0 Å². The number of aryl methyl sites for hydroxylation is 1. The third-order valence-electron chi connectivity index (χ3n) is 2.77. The Morgan fingerprint density at radius 1 is 1.41 bits per heavy atom. The lowest BCUT2D eigenvalue weighted by Crippen LogP contribution is -2.36. The number of rotatable bonds is 3. The monoisotopic (exact) mass is 233 g/mol. The highest BCUT2D eigenvalue weighted by Gasteiger charge is 2.16. The van der Waals surface area contributed by atoms with Crippen molar-refractivity contribution in [3.8, 4) is 0 Å². The number of hydrogen-bond acceptors (Lipinski definition) is 3. The van der Waals surface area contributed by atoms with Crippen LogP contribution >= 0.6 is 0 Å². The van der Waals surface area contributed by atoms with Crippen LogP contribution in [0.4, 0.5) is 5.69 Å². The van der Waals surface area contributed by atoms with Crippen molar-refractivity contribution in [2.45, 2.75) is 19.4 Å². The molecule has 0 spiro atoms. The minimum Gasteiger partial charge on any atom is -0.389 e. The van der Waals surface area contributed by atoms with E-state index in [2.05, 4.69) is 17.1 Å². The SMILES string of the molecule is CN(CC(C)(C)O)c1ccc2c(c1)ncn2C. The predicted octanol–water partition coefficient (Wildman–Crippen LogP) is 1.78. The largest absolute Gasteiger partial charge is 0.389 e. The molecule has 2 rings (SSSR count). The summed E-state index contributed by atoms with van der Waals surface area (Å²) in [5.41, 5.74) is 2.46. The molecule has 1 aromatic heterocycles. The van der Waals surface area contributed by atoms with Gasteiger partial charge in [-0.2, -0.15) is 0 Å². The molecule has 1 aromatic carbocycles. The Morgan fingerprint density at radius 2 is 2.12 bits per heavy atom. The summed E-state index contributed by atoms with van der Waals surface area (Å²) in [4.78, 5) is 6.37. The summed E-state index contributed by atoms with van der Waals surface area (Å²) in [5, 5.41) is 9.81. The molecule has 0 radical (unpaired) electrons. The molecule has 1 N–H and O–H groups in total. The van der Waals surface area contributed by atoms with Crippen LogP contribution in [0.15, 0.2) is 24.5 Å². The van der Waals surface area contributed by atoms with Crippen molar-refractivity contribution in [1.29, 1.82) is 0 Å². The molecule has 2 aromatic rings. The van der Waals surface area contributed by atoms with Crippen molar-refractivity contribution in [2.24, 2.45) is 7.05 Å². The van der Waals surface area contributed by atoms with Crippen LogP contribution < -0.4 is 4.90 Å². The summed E-state index contributed by atoms with van der Waals surface area (Å²) in [6, 6.07) is 6.15. The second-order valence-corrected chi connectivity index (χ2v) is 5.20. The van der Waals surface area contributed by atoms with Gasteiger partial charge in [0, 0.05) is 26.3 Å². The summed E-state index contributed by atoms with van der Waals surface area (Å²) in [6.45, 7) is 4.21. The number of anilines is 1. The Kier molecular flexibility index (Phi) is 2.83. The van der Waals surface area contributed by atoms with E-state index in [9.17, 15) is 5.11 Å². The third-order valence-corrected chi connectivity index (χ3v) is 2.77. The van der Waals surface area contributed by atoms with E-state index in [4.69, 9.17) is 0 Å². The molecule has 4 heteroatoms. The number of likely N-dealkylation sites (N-methyl/N-ethyl adjacent to an activating group) is 1. The first-order chi connectivity index (χ1) is 7.87. The molecule has 0 aliphatic rings. The lowest BCUT2D eigenvalue weighted by Gasteiger charge is -2.27. The molecule has 0 fully saturated rings. The second-order valence-electron chi connectivity index (χ2n) is 5.20. The van der Waals surface area contributed by atoms with E-state index in [1.165, 1.54) is 0 Å². The number of benzene rings is 1. The average Bonchev–Trinajstić information content (AvgIpc) is 2.57. The number of hydrogen-bond donors (Lipinski definition) is 1. The molecule has 0 aliphatic heterocycles. The van der Waals surface area contributed by atoms with Gasteiger partial charge in [-0.1, -0.05) is 0 Å². The number of imidazole rings is 1. The Hall–Kier alpha value is -1.55. The zero-order valence-electron chi connectivity index (χ0n) is 10.8. The van der Waals surface area contributed by atoms with Crippen LogP contribution in [0.1, 0.15) is 13.8 Å². The van der Waals surface area contributed by atoms with Crippen molar-refractivity contribution in [1.82, 2.24) is 9.55 Å². The highest BCUT2D eigenvalue weighted by molar-refractivity contribution is 5.79. The predicted molar refractivity (Wildman–Crippen MR) is 70.3 cm³/mol. The topological polar surface area (TPSA) is 41.3 Å². The molecule has 0 unspecified atom stereocenters. The van der Waals surface area contributed by atoms with Crippen molar-refractivity contribution < 1.29 is 5.11 Å². The molecule has 0 amide bonds. The number of aromatic nitrogens is 2. The van der Waals surface area contributed by atoms with Gasteiger partial charge in [0.15, 0.2) is 0 Å². The third kappa shape index (κ3) is 2.58. The summed E-state index contributed by atoms with van der Waals surface area (Å²) < 4.78 is 2.00. The Morgan fingerprint density at radius 3 is 2.76 bits per heavy atom. The molecular weight excluding hydrogens is 214 g/mol. The quantitative estimate of drug-likeness (QED) is 0.878. The maximum absolute atomic E-state index is 9.81. The molecular formula is C13H19N3O. The smallest absolute Gasteiger partial charge is 0.0955 e. The Labute approximate surface area is 101 Å². The van der Waals surface area contributed by atoms with Gasteiger partial charge in [0.1, 0.15) is 0 Å². The zero-order chi connectivity index (χ0) is 12.6. The molecule has 0 bridgehead atoms. The molecule has 0 saturated carbocycles. The van der Waals surface area contributed by atoms with E-state index < -0.39 is 5.60 Å². The average molecular weight is 233 g/mol. The van der Waals surface area contributed by atoms with Crippen LogP contribution in [0.2, 0.25) is 0 Å². The van der Waals surface area contributed by atoms with E-state index in [0.717, 1.165) is 16.7 Å². The Balaban J connectivity index is 2.30. The molecule has 4 nitrogen and oxygen atoms in total. The van der Waals surface area contributed by atoms with Gasteiger partial charge in [0.25, 0.3) is 0 Å². The van der Waals surface area contributed by atoms with Crippen LogP contribution in [0.25, 0.3) is 11.0 Å². The van der Waals surface area contributed by atoms with Crippen molar-refractivity contribution >= 4 is 16.7 Å². The molecule has 1 heterocycles. The van der Waals surface area contributed by atoms with E-state index in [-0.39, 0.29) is 0 Å². The van der Waals surface area contributed by atoms with E-state index >= 15 is 0 Å². The van der Waals surface area contributed by atoms with Crippen LogP contribution in [0.5, 0.6) is 0 Å². The fourth-order valence-corrected chi connectivity index (χ4v) is 2.03. The van der Waals surface area contributed by atoms with Gasteiger partial charge in [0.05, 0.1) is 23.0 Å². The summed E-state index contributed by atoms with van der Waals surface area (Å²) in [7, 11) is 3.96. The zero-order valence-corrected chi connectivity index (χ0v) is 10.8. The standard InChI is InChI=1S/C13H19N3O/c1-13(2,17)8-15(3)10-5-6-12-11(7-10)14-9-16(12)4/h5-7,9,17H,8H2,1-4H3. The van der Waals surface area contributed by atoms with Gasteiger partial charge in [-0.25, -0.2) is 4.98 Å². The van der Waals surface area contributed by atoms with Crippen molar-refractivity contribution in [3.05, 3.63) is 24.5 Å². The van der Waals surface area contributed by atoms with Crippen molar-refractivity contribution in [2.75, 3.05) is 18.5 Å². The first-order valence-corrected chi connectivity index (χ1v) is 5.71. The van der Waals surface area contributed by atoms with Crippen LogP contribution in [0, 0.1) is 0 Å². The second kappa shape index (κ2) is 4.04. The summed E-state index contributed by atoms with van der Waals surface area (Å²) in [5.74, 6) is 0. The fraction of sp³-hybridized carbons (Fsp3) is 0.462. The summed E-state index contributed by atoms with van der Waals surface area (Å²) in [6.07, 6.45) is 1.81. The highest BCUT2D eigenvalue weighted by atomic mass is 16.3. The first kappa shape index (κ1) is 11.9. The van der Waals surface area contributed by atoms with Gasteiger partial charge in [-0.05, 0) is 32.0 Å². The molecule has 0 saturated heterocycles. The number of fused-ring (bicyclic) bond motifs is 1. The van der Waals surface area contributed by atoms with Crippen LogP contribution in [-0.2, 0) is 7.05 Å². The lowest BCUT2D eigenvalue weighted by molar-refractivity contribution is 0.0886. The molecule has 0 aliphatic carbocycles. The molecule has 17 heavy (non-hydrogen) atoms. The number of nitrogens with zero attached hydrogens (tertiary/aromatic N) is 3. The van der Waals surface area contributed by atoms with Crippen molar-refractivity contribution in [3.63, 3.8) is 0 Å². The minimum absolute atomic E-state index is 0.589. The van der Waals surface area contributed by atoms with Gasteiger partial charge >= 0.3 is 0 Å². The van der Waals surface area contributed by atoms with E-state index in [0.29, 0.717) is 6.54 Å². The lowest BCUT2D eigenvalue weighted by atomic mass is 10.1. The highest BCUT2D eigenvalue weighted by Crippen LogP contribution is 2.21. The molecule has 92 valence electrons. The first-order valence-electron chi connectivity index (χ1n) is 5.71.